The van der Waals surface area contributed by atoms with Gasteiger partial charge in [0.05, 0.1) is 12.5 Å². The van der Waals surface area contributed by atoms with Crippen LogP contribution in [0, 0.1) is 0 Å². The topological polar surface area (TPSA) is 64.0 Å². The molecule has 0 bridgehead atoms. The van der Waals surface area contributed by atoms with E-state index in [0.717, 1.165) is 31.4 Å². The third-order valence-electron chi connectivity index (χ3n) is 2.59. The normalized spacial score (nSPS) is 16.3. The molecule has 1 aliphatic rings. The summed E-state index contributed by atoms with van der Waals surface area (Å²) in [7, 11) is -3.11. The van der Waals surface area contributed by atoms with Gasteiger partial charge in [-0.15, -0.1) is 0 Å². The van der Waals surface area contributed by atoms with Gasteiger partial charge in [0.2, 0.25) is 10.0 Å². The van der Waals surface area contributed by atoms with Crippen LogP contribution in [0.5, 0.6) is 0 Å². The molecule has 2 heterocycles. The smallest absolute Gasteiger partial charge is 0.209 e. The van der Waals surface area contributed by atoms with Gasteiger partial charge in [-0.25, -0.2) is 13.1 Å². The molecule has 1 aromatic rings. The number of fused-ring (bicyclic) bond motifs is 1. The van der Waals surface area contributed by atoms with E-state index < -0.39 is 10.0 Å². The van der Waals surface area contributed by atoms with Crippen LogP contribution in [-0.4, -0.2) is 24.5 Å². The molecule has 1 aliphatic heterocycles. The van der Waals surface area contributed by atoms with E-state index in [4.69, 9.17) is 0 Å². The van der Waals surface area contributed by atoms with Crippen LogP contribution >= 0.6 is 0 Å². The van der Waals surface area contributed by atoms with Gasteiger partial charge in [0.25, 0.3) is 0 Å². The maximum absolute atomic E-state index is 11.0. The molecule has 0 saturated carbocycles. The standard InChI is InChI=1S/C9H15N3O2S/c1-15(13,14)11-7-8-6-10-12-5-3-2-4-9(8)12/h6,11H,2-5,7H2,1H3. The molecule has 0 atom stereocenters. The Morgan fingerprint density at radius 1 is 1.53 bits per heavy atom. The van der Waals surface area contributed by atoms with Gasteiger partial charge in [-0.05, 0) is 19.3 Å². The first-order chi connectivity index (χ1) is 7.06. The Morgan fingerprint density at radius 2 is 2.33 bits per heavy atom. The quantitative estimate of drug-likeness (QED) is 0.809. The molecule has 6 heteroatoms. The molecule has 0 saturated heterocycles. The molecular weight excluding hydrogens is 214 g/mol. The van der Waals surface area contributed by atoms with Gasteiger partial charge in [-0.1, -0.05) is 0 Å². The van der Waals surface area contributed by atoms with E-state index >= 15 is 0 Å². The molecule has 0 spiro atoms. The average molecular weight is 229 g/mol. The fourth-order valence-corrected chi connectivity index (χ4v) is 2.26. The minimum Gasteiger partial charge on any atom is -0.269 e. The first kappa shape index (κ1) is 10.6. The maximum Gasteiger partial charge on any atom is 0.209 e. The number of aryl methyl sites for hydroxylation is 1. The van der Waals surface area contributed by atoms with E-state index in [1.165, 1.54) is 11.9 Å². The molecule has 84 valence electrons. The fraction of sp³-hybridized carbons (Fsp3) is 0.667. The van der Waals surface area contributed by atoms with Crippen LogP contribution in [0.15, 0.2) is 6.20 Å². The lowest BCUT2D eigenvalue weighted by atomic mass is 10.1. The predicted octanol–water partition coefficient (Wildman–Crippen LogP) is 0.269. The van der Waals surface area contributed by atoms with Crippen molar-refractivity contribution in [3.05, 3.63) is 17.5 Å². The second-order valence-corrected chi connectivity index (χ2v) is 5.72. The number of hydrogen-bond acceptors (Lipinski definition) is 3. The van der Waals surface area contributed by atoms with Crippen molar-refractivity contribution < 1.29 is 8.42 Å². The Hall–Kier alpha value is -0.880. The summed E-state index contributed by atoms with van der Waals surface area (Å²) in [5.41, 5.74) is 2.18. The van der Waals surface area contributed by atoms with Crippen molar-refractivity contribution in [2.45, 2.75) is 32.4 Å². The van der Waals surface area contributed by atoms with Crippen molar-refractivity contribution in [1.29, 1.82) is 0 Å². The second-order valence-electron chi connectivity index (χ2n) is 3.89. The van der Waals surface area contributed by atoms with E-state index in [9.17, 15) is 8.42 Å². The highest BCUT2D eigenvalue weighted by molar-refractivity contribution is 7.88. The number of aromatic nitrogens is 2. The van der Waals surface area contributed by atoms with E-state index in [1.54, 1.807) is 6.20 Å². The van der Waals surface area contributed by atoms with Crippen LogP contribution in [0.3, 0.4) is 0 Å². The van der Waals surface area contributed by atoms with Gasteiger partial charge >= 0.3 is 0 Å². The molecule has 0 aromatic carbocycles. The summed E-state index contributed by atoms with van der Waals surface area (Å²) >= 11 is 0. The molecule has 15 heavy (non-hydrogen) atoms. The third kappa shape index (κ3) is 2.57. The zero-order valence-electron chi connectivity index (χ0n) is 8.73. The third-order valence-corrected chi connectivity index (χ3v) is 3.26. The van der Waals surface area contributed by atoms with E-state index in [0.29, 0.717) is 6.54 Å². The molecule has 2 rings (SSSR count). The van der Waals surface area contributed by atoms with Gasteiger partial charge in [-0.3, -0.25) is 4.68 Å². The molecular formula is C9H15N3O2S. The Balaban J connectivity index is 2.12. The summed E-state index contributed by atoms with van der Waals surface area (Å²) in [5.74, 6) is 0. The summed E-state index contributed by atoms with van der Waals surface area (Å²) in [6.07, 6.45) is 6.26. The minimum atomic E-state index is -3.11. The van der Waals surface area contributed by atoms with Crippen LogP contribution in [0.25, 0.3) is 0 Å². The summed E-state index contributed by atoms with van der Waals surface area (Å²) in [4.78, 5) is 0. The van der Waals surface area contributed by atoms with Crippen molar-refractivity contribution in [3.8, 4) is 0 Å². The van der Waals surface area contributed by atoms with Gasteiger partial charge in [0, 0.05) is 24.3 Å². The van der Waals surface area contributed by atoms with Gasteiger partial charge < -0.3 is 0 Å². The number of hydrogen-bond donors (Lipinski definition) is 1. The second kappa shape index (κ2) is 3.94. The van der Waals surface area contributed by atoms with Crippen molar-refractivity contribution >= 4 is 10.0 Å². The molecule has 1 N–H and O–H groups in total. The summed E-state index contributed by atoms with van der Waals surface area (Å²) in [6, 6.07) is 0. The van der Waals surface area contributed by atoms with Gasteiger partial charge in [0.1, 0.15) is 0 Å². The Morgan fingerprint density at radius 3 is 3.07 bits per heavy atom. The van der Waals surface area contributed by atoms with Crippen LogP contribution in [0.1, 0.15) is 24.1 Å². The molecule has 0 aliphatic carbocycles. The zero-order chi connectivity index (χ0) is 10.9. The molecule has 1 aromatic heterocycles. The zero-order valence-corrected chi connectivity index (χ0v) is 9.55. The lowest BCUT2D eigenvalue weighted by molar-refractivity contribution is 0.484. The van der Waals surface area contributed by atoms with Gasteiger partial charge in [-0.2, -0.15) is 5.10 Å². The first-order valence-electron chi connectivity index (χ1n) is 5.04. The molecule has 0 radical (unpaired) electrons. The monoisotopic (exact) mass is 229 g/mol. The van der Waals surface area contributed by atoms with Crippen LogP contribution in [-0.2, 0) is 29.5 Å². The molecule has 0 unspecified atom stereocenters. The SMILES string of the molecule is CS(=O)(=O)NCc1cnn2c1CCCC2. The van der Waals surface area contributed by atoms with Gasteiger partial charge in [0.15, 0.2) is 0 Å². The van der Waals surface area contributed by atoms with Crippen LogP contribution in [0.4, 0.5) is 0 Å². The van der Waals surface area contributed by atoms with Crippen LogP contribution < -0.4 is 4.72 Å². The van der Waals surface area contributed by atoms with E-state index in [-0.39, 0.29) is 0 Å². The molecule has 0 amide bonds. The lowest BCUT2D eigenvalue weighted by Crippen LogP contribution is -2.22. The summed E-state index contributed by atoms with van der Waals surface area (Å²) in [5, 5.41) is 4.24. The first-order valence-corrected chi connectivity index (χ1v) is 6.93. The highest BCUT2D eigenvalue weighted by Crippen LogP contribution is 2.17. The Bertz CT molecular complexity index is 450. The van der Waals surface area contributed by atoms with E-state index in [1.807, 2.05) is 4.68 Å². The highest BCUT2D eigenvalue weighted by atomic mass is 32.2. The number of nitrogens with zero attached hydrogens (tertiary/aromatic N) is 2. The number of sulfonamides is 1. The number of nitrogens with one attached hydrogen (secondary N) is 1. The largest absolute Gasteiger partial charge is 0.269 e. The number of rotatable bonds is 3. The predicted molar refractivity (Wildman–Crippen MR) is 56.8 cm³/mol. The van der Waals surface area contributed by atoms with E-state index in [2.05, 4.69) is 9.82 Å². The maximum atomic E-state index is 11.0. The van der Waals surface area contributed by atoms with Crippen molar-refractivity contribution in [1.82, 2.24) is 14.5 Å². The van der Waals surface area contributed by atoms with Crippen molar-refractivity contribution in [3.63, 3.8) is 0 Å². The highest BCUT2D eigenvalue weighted by Gasteiger charge is 2.15. The molecule has 0 fully saturated rings. The fourth-order valence-electron chi connectivity index (χ4n) is 1.84. The Kier molecular flexibility index (Phi) is 2.79. The average Bonchev–Trinajstić information content (AvgIpc) is 2.57. The minimum absolute atomic E-state index is 0.355. The Labute approximate surface area is 89.5 Å². The van der Waals surface area contributed by atoms with Crippen LogP contribution in [0.2, 0.25) is 0 Å². The summed E-state index contributed by atoms with van der Waals surface area (Å²) < 4.78 is 26.4. The van der Waals surface area contributed by atoms with Crippen molar-refractivity contribution in [2.75, 3.05) is 6.26 Å². The molecule has 5 nitrogen and oxygen atoms in total. The summed E-state index contributed by atoms with van der Waals surface area (Å²) in [6.45, 7) is 1.31. The lowest BCUT2D eigenvalue weighted by Gasteiger charge is -2.14. The van der Waals surface area contributed by atoms with Crippen molar-refractivity contribution in [2.24, 2.45) is 0 Å².